The van der Waals surface area contributed by atoms with E-state index < -0.39 is 12.0 Å². The van der Waals surface area contributed by atoms with E-state index in [1.807, 2.05) is 49.4 Å². The van der Waals surface area contributed by atoms with Gasteiger partial charge in [0.1, 0.15) is 5.75 Å². The number of nitrogens with zero attached hydrogens (tertiary/aromatic N) is 2. The molecule has 174 valence electrons. The van der Waals surface area contributed by atoms with E-state index in [0.717, 1.165) is 37.5 Å². The standard InChI is InChI=1S/C25H30N4O4/c1-3-33-20-11-9-18(10-12-20)23-22(24(30)32-2)21(26-25(31)27-23)17-28-13-15-29(16-14-28)19-7-5-4-6-8-19/h4-12,23H,3,13-17H2,1-2H3,(H2,26,27,31). The molecule has 1 fully saturated rings. The van der Waals surface area contributed by atoms with Gasteiger partial charge in [-0.05, 0) is 36.8 Å². The average Bonchev–Trinajstić information content (AvgIpc) is 2.85. The number of esters is 1. The fraction of sp³-hybridized carbons (Fsp3) is 0.360. The maximum atomic E-state index is 12.8. The Morgan fingerprint density at radius 3 is 2.36 bits per heavy atom. The molecule has 0 radical (unpaired) electrons. The molecule has 0 aromatic heterocycles. The van der Waals surface area contributed by atoms with Crippen molar-refractivity contribution in [2.45, 2.75) is 13.0 Å². The van der Waals surface area contributed by atoms with Gasteiger partial charge in [0.15, 0.2) is 0 Å². The number of methoxy groups -OCH3 is 1. The van der Waals surface area contributed by atoms with Gasteiger partial charge >= 0.3 is 12.0 Å². The van der Waals surface area contributed by atoms with Crippen LogP contribution in [0.5, 0.6) is 5.75 Å². The summed E-state index contributed by atoms with van der Waals surface area (Å²) in [4.78, 5) is 29.9. The van der Waals surface area contributed by atoms with Crippen molar-refractivity contribution in [3.8, 4) is 5.75 Å². The normalized spacial score (nSPS) is 19.0. The third kappa shape index (κ3) is 5.28. The maximum Gasteiger partial charge on any atom is 0.338 e. The fourth-order valence-electron chi connectivity index (χ4n) is 4.29. The van der Waals surface area contributed by atoms with Crippen LogP contribution in [0.4, 0.5) is 10.5 Å². The van der Waals surface area contributed by atoms with Gasteiger partial charge in [0.05, 0.1) is 25.3 Å². The highest BCUT2D eigenvalue weighted by molar-refractivity contribution is 5.95. The molecular formula is C25H30N4O4. The Morgan fingerprint density at radius 1 is 1.03 bits per heavy atom. The van der Waals surface area contributed by atoms with Crippen molar-refractivity contribution in [2.75, 3.05) is 51.3 Å². The topological polar surface area (TPSA) is 83.1 Å². The quantitative estimate of drug-likeness (QED) is 0.631. The Morgan fingerprint density at radius 2 is 1.73 bits per heavy atom. The number of para-hydroxylation sites is 1. The van der Waals surface area contributed by atoms with Crippen molar-refractivity contribution in [1.82, 2.24) is 15.5 Å². The van der Waals surface area contributed by atoms with Crippen LogP contribution in [-0.2, 0) is 9.53 Å². The van der Waals surface area contributed by atoms with E-state index in [1.54, 1.807) is 0 Å². The minimum absolute atomic E-state index is 0.334. The highest BCUT2D eigenvalue weighted by atomic mass is 16.5. The van der Waals surface area contributed by atoms with E-state index in [2.05, 4.69) is 32.6 Å². The minimum Gasteiger partial charge on any atom is -0.494 e. The first-order chi connectivity index (χ1) is 16.1. The lowest BCUT2D eigenvalue weighted by atomic mass is 9.95. The molecule has 0 saturated carbocycles. The SMILES string of the molecule is CCOc1ccc(C2NC(=O)NC(CN3CCN(c4ccccc4)CC3)=C2C(=O)OC)cc1. The van der Waals surface area contributed by atoms with Crippen LogP contribution in [0.15, 0.2) is 65.9 Å². The van der Waals surface area contributed by atoms with Gasteiger partial charge in [-0.3, -0.25) is 4.90 Å². The molecule has 1 atom stereocenters. The number of benzene rings is 2. The smallest absolute Gasteiger partial charge is 0.338 e. The lowest BCUT2D eigenvalue weighted by molar-refractivity contribution is -0.136. The van der Waals surface area contributed by atoms with Crippen molar-refractivity contribution >= 4 is 17.7 Å². The molecule has 8 nitrogen and oxygen atoms in total. The largest absolute Gasteiger partial charge is 0.494 e. The fourth-order valence-corrected chi connectivity index (χ4v) is 4.29. The molecule has 0 aliphatic carbocycles. The number of hydrogen-bond acceptors (Lipinski definition) is 6. The maximum absolute atomic E-state index is 12.8. The molecule has 2 aromatic carbocycles. The van der Waals surface area contributed by atoms with Crippen molar-refractivity contribution in [3.63, 3.8) is 0 Å². The molecule has 2 aliphatic rings. The second kappa shape index (κ2) is 10.4. The Labute approximate surface area is 194 Å². The van der Waals surface area contributed by atoms with Gasteiger partial charge in [0.2, 0.25) is 0 Å². The van der Waals surface area contributed by atoms with E-state index >= 15 is 0 Å². The molecule has 1 unspecified atom stereocenters. The zero-order valence-corrected chi connectivity index (χ0v) is 19.0. The van der Waals surface area contributed by atoms with Gasteiger partial charge < -0.3 is 25.0 Å². The van der Waals surface area contributed by atoms with E-state index in [4.69, 9.17) is 9.47 Å². The van der Waals surface area contributed by atoms with E-state index in [9.17, 15) is 9.59 Å². The molecule has 2 heterocycles. The Kier molecular flexibility index (Phi) is 7.14. The summed E-state index contributed by atoms with van der Waals surface area (Å²) in [5.41, 5.74) is 3.00. The first kappa shape index (κ1) is 22.7. The first-order valence-corrected chi connectivity index (χ1v) is 11.2. The van der Waals surface area contributed by atoms with Crippen LogP contribution in [0, 0.1) is 0 Å². The van der Waals surface area contributed by atoms with Gasteiger partial charge in [-0.15, -0.1) is 0 Å². The zero-order chi connectivity index (χ0) is 23.2. The van der Waals surface area contributed by atoms with Crippen LogP contribution in [0.1, 0.15) is 18.5 Å². The first-order valence-electron chi connectivity index (χ1n) is 11.2. The van der Waals surface area contributed by atoms with Crippen molar-refractivity contribution < 1.29 is 19.1 Å². The minimum atomic E-state index is -0.595. The average molecular weight is 451 g/mol. The lowest BCUT2D eigenvalue weighted by Crippen LogP contribution is -2.51. The summed E-state index contributed by atoms with van der Waals surface area (Å²) in [6, 6.07) is 16.8. The number of carbonyl (C=O) groups is 2. The van der Waals surface area contributed by atoms with E-state index in [0.29, 0.717) is 24.4 Å². The molecule has 2 aliphatic heterocycles. The summed E-state index contributed by atoms with van der Waals surface area (Å²) in [6.07, 6.45) is 0. The van der Waals surface area contributed by atoms with Crippen LogP contribution >= 0.6 is 0 Å². The van der Waals surface area contributed by atoms with Crippen LogP contribution in [0.3, 0.4) is 0 Å². The number of nitrogens with one attached hydrogen (secondary N) is 2. The molecule has 8 heteroatoms. The van der Waals surface area contributed by atoms with Gasteiger partial charge in [0, 0.05) is 44.1 Å². The summed E-state index contributed by atoms with van der Waals surface area (Å²) >= 11 is 0. The van der Waals surface area contributed by atoms with Crippen molar-refractivity contribution in [2.24, 2.45) is 0 Å². The molecule has 1 saturated heterocycles. The molecule has 2 N–H and O–H groups in total. The molecule has 2 amide bonds. The van der Waals surface area contributed by atoms with Crippen LogP contribution < -0.4 is 20.3 Å². The summed E-state index contributed by atoms with van der Waals surface area (Å²) in [6.45, 7) is 6.35. The van der Waals surface area contributed by atoms with Gasteiger partial charge in [-0.2, -0.15) is 0 Å². The summed E-state index contributed by atoms with van der Waals surface area (Å²) in [5, 5.41) is 5.72. The van der Waals surface area contributed by atoms with Crippen LogP contribution in [0.2, 0.25) is 0 Å². The van der Waals surface area contributed by atoms with Crippen molar-refractivity contribution in [1.29, 1.82) is 0 Å². The summed E-state index contributed by atoms with van der Waals surface area (Å²) in [7, 11) is 1.36. The van der Waals surface area contributed by atoms with Crippen LogP contribution in [0.25, 0.3) is 0 Å². The predicted octanol–water partition coefficient (Wildman–Crippen LogP) is 2.69. The lowest BCUT2D eigenvalue weighted by Gasteiger charge is -2.38. The number of anilines is 1. The number of urea groups is 1. The monoisotopic (exact) mass is 450 g/mol. The summed E-state index contributed by atoms with van der Waals surface area (Å²) < 4.78 is 10.6. The molecule has 33 heavy (non-hydrogen) atoms. The second-order valence-corrected chi connectivity index (χ2v) is 8.02. The third-order valence-electron chi connectivity index (χ3n) is 5.96. The van der Waals surface area contributed by atoms with E-state index in [-0.39, 0.29) is 6.03 Å². The number of carbonyl (C=O) groups excluding carboxylic acids is 2. The third-order valence-corrected chi connectivity index (χ3v) is 5.96. The number of rotatable bonds is 7. The molecule has 0 bridgehead atoms. The van der Waals surface area contributed by atoms with Crippen LogP contribution in [-0.4, -0.2) is 63.3 Å². The highest BCUT2D eigenvalue weighted by Crippen LogP contribution is 2.29. The Hall–Kier alpha value is -3.52. The summed E-state index contributed by atoms with van der Waals surface area (Å²) in [5.74, 6) is 0.279. The molecule has 2 aromatic rings. The Balaban J connectivity index is 1.53. The predicted molar refractivity (Wildman–Crippen MR) is 126 cm³/mol. The molecule has 4 rings (SSSR count). The number of amides is 2. The molecule has 0 spiro atoms. The highest BCUT2D eigenvalue weighted by Gasteiger charge is 2.34. The van der Waals surface area contributed by atoms with Crippen molar-refractivity contribution in [3.05, 3.63) is 71.4 Å². The number of hydrogen-bond donors (Lipinski definition) is 2. The zero-order valence-electron chi connectivity index (χ0n) is 19.0. The molecular weight excluding hydrogens is 420 g/mol. The second-order valence-electron chi connectivity index (χ2n) is 8.02. The number of piperazine rings is 1. The van der Waals surface area contributed by atoms with E-state index in [1.165, 1.54) is 12.8 Å². The van der Waals surface area contributed by atoms with Gasteiger partial charge in [0.25, 0.3) is 0 Å². The van der Waals surface area contributed by atoms with Gasteiger partial charge in [-0.1, -0.05) is 30.3 Å². The Bertz CT molecular complexity index is 999. The number of ether oxygens (including phenoxy) is 2. The van der Waals surface area contributed by atoms with Gasteiger partial charge in [-0.25, -0.2) is 9.59 Å².